The van der Waals surface area contributed by atoms with Crippen LogP contribution in [0.5, 0.6) is 0 Å². The third-order valence-corrected chi connectivity index (χ3v) is 7.95. The van der Waals surface area contributed by atoms with E-state index in [0.29, 0.717) is 19.8 Å². The van der Waals surface area contributed by atoms with Crippen LogP contribution in [0.4, 0.5) is 0 Å². The molecule has 0 spiro atoms. The highest BCUT2D eigenvalue weighted by Crippen LogP contribution is 2.21. The molecule has 8 heteroatoms. The van der Waals surface area contributed by atoms with Crippen molar-refractivity contribution in [2.75, 3.05) is 0 Å². The number of hydrogen-bond donors (Lipinski definition) is 0. The minimum Gasteiger partial charge on any atom is -0.292 e. The van der Waals surface area contributed by atoms with Gasteiger partial charge in [-0.2, -0.15) is 0 Å². The number of carbonyl (C=O) groups is 1. The van der Waals surface area contributed by atoms with Crippen LogP contribution < -0.4 is 14.8 Å². The predicted molar refractivity (Wildman–Crippen MR) is 145 cm³/mol. The normalized spacial score (nSPS) is 12.5. The topological polar surface area (TPSA) is 52.0 Å². The van der Waals surface area contributed by atoms with Crippen molar-refractivity contribution in [3.63, 3.8) is 0 Å². The monoisotopic (exact) mass is 566 g/mol. The maximum atomic E-state index is 13.4. The van der Waals surface area contributed by atoms with Gasteiger partial charge in [0.2, 0.25) is 0 Å². The summed E-state index contributed by atoms with van der Waals surface area (Å²) < 4.78 is 4.79. The van der Waals surface area contributed by atoms with Crippen molar-refractivity contribution in [2.45, 2.75) is 6.54 Å². The molecule has 34 heavy (non-hydrogen) atoms. The number of ketones is 1. The fourth-order valence-corrected chi connectivity index (χ4v) is 5.85. The lowest BCUT2D eigenvalue weighted by Crippen LogP contribution is -2.34. The van der Waals surface area contributed by atoms with E-state index in [1.54, 1.807) is 35.6 Å². The molecule has 0 atom stereocenters. The summed E-state index contributed by atoms with van der Waals surface area (Å²) in [6.45, 7) is -0.0676. The van der Waals surface area contributed by atoms with Crippen LogP contribution in [-0.4, -0.2) is 15.3 Å². The summed E-state index contributed by atoms with van der Waals surface area (Å²) in [4.78, 5) is 31.0. The van der Waals surface area contributed by atoms with Gasteiger partial charge in [-0.15, -0.1) is 22.7 Å². The van der Waals surface area contributed by atoms with Crippen LogP contribution in [0.1, 0.15) is 20.9 Å². The van der Waals surface area contributed by atoms with Crippen molar-refractivity contribution in [3.8, 4) is 0 Å². The Labute approximate surface area is 216 Å². The summed E-state index contributed by atoms with van der Waals surface area (Å²) in [5.41, 5.74) is 2.11. The fourth-order valence-electron chi connectivity index (χ4n) is 3.43. The number of fused-ring (bicyclic) bond motifs is 1. The molecule has 0 N–H and O–H groups in total. The number of benzene rings is 3. The Morgan fingerprint density at radius 1 is 0.971 bits per heavy atom. The number of Topliss-reactive ketones (excluding diaryl/α,β-unsaturated/α-hetero) is 1. The average Bonchev–Trinajstić information content (AvgIpc) is 3.37. The number of hydrogen-bond acceptors (Lipinski definition) is 5. The second kappa shape index (κ2) is 9.80. The van der Waals surface area contributed by atoms with Gasteiger partial charge in [0, 0.05) is 21.1 Å². The Hall–Kier alpha value is -2.84. The molecule has 0 saturated carbocycles. The van der Waals surface area contributed by atoms with Gasteiger partial charge in [0.15, 0.2) is 5.78 Å². The van der Waals surface area contributed by atoms with Crippen molar-refractivity contribution < 1.29 is 4.79 Å². The van der Waals surface area contributed by atoms with Crippen molar-refractivity contribution in [3.05, 3.63) is 118 Å². The molecule has 0 saturated heterocycles. The number of nitrogens with zero attached hydrogens (tertiary/aromatic N) is 2. The number of thiazole rings is 2. The van der Waals surface area contributed by atoms with E-state index in [0.717, 1.165) is 25.3 Å². The lowest BCUT2D eigenvalue weighted by molar-refractivity contribution is 0.0970. The molecule has 2 heterocycles. The molecule has 2 aromatic heterocycles. The Balaban J connectivity index is 1.63. The maximum Gasteiger partial charge on any atom is 0.269 e. The minimum atomic E-state index is -0.206. The summed E-state index contributed by atoms with van der Waals surface area (Å²) in [6, 6.07) is 22.3. The molecule has 0 bridgehead atoms. The summed E-state index contributed by atoms with van der Waals surface area (Å²) >= 11 is 12.3. The number of carbonyl (C=O) groups excluding carboxylic acids is 1. The highest BCUT2D eigenvalue weighted by molar-refractivity contribution is 9.10. The third kappa shape index (κ3) is 4.98. The number of halogens is 2. The van der Waals surface area contributed by atoms with E-state index in [4.69, 9.17) is 11.6 Å². The first-order chi connectivity index (χ1) is 16.5. The van der Waals surface area contributed by atoms with Gasteiger partial charge in [0.25, 0.3) is 5.56 Å². The first kappa shape index (κ1) is 22.9. The second-order valence-corrected chi connectivity index (χ2v) is 11.0. The molecule has 0 aliphatic carbocycles. The SMILES string of the molecule is O=C(Cn1c(=O)/c(=C\c2ccc(Br)cc2)s/c1=C\c1nc2ccccc2s1)c1ccc(Cl)cc1. The van der Waals surface area contributed by atoms with Crippen LogP contribution in [0.15, 0.2) is 82.1 Å². The summed E-state index contributed by atoms with van der Waals surface area (Å²) in [6.07, 6.45) is 3.73. The van der Waals surface area contributed by atoms with Crippen LogP contribution in [0, 0.1) is 0 Å². The van der Waals surface area contributed by atoms with Gasteiger partial charge in [-0.05, 0) is 60.2 Å². The van der Waals surface area contributed by atoms with E-state index in [9.17, 15) is 9.59 Å². The highest BCUT2D eigenvalue weighted by Gasteiger charge is 2.13. The van der Waals surface area contributed by atoms with E-state index in [1.807, 2.05) is 60.7 Å². The van der Waals surface area contributed by atoms with Gasteiger partial charge < -0.3 is 0 Å². The number of aromatic nitrogens is 2. The van der Waals surface area contributed by atoms with Crippen molar-refractivity contribution in [1.82, 2.24) is 9.55 Å². The molecule has 5 aromatic rings. The van der Waals surface area contributed by atoms with Gasteiger partial charge in [-0.3, -0.25) is 14.2 Å². The van der Waals surface area contributed by atoms with Crippen molar-refractivity contribution in [2.24, 2.45) is 0 Å². The smallest absolute Gasteiger partial charge is 0.269 e. The Kier molecular flexibility index (Phi) is 6.61. The second-order valence-electron chi connectivity index (χ2n) is 7.49. The summed E-state index contributed by atoms with van der Waals surface area (Å²) in [5, 5.41) is 1.34. The molecule has 168 valence electrons. The van der Waals surface area contributed by atoms with Crippen LogP contribution in [0.25, 0.3) is 22.4 Å². The summed E-state index contributed by atoms with van der Waals surface area (Å²) in [5.74, 6) is -0.161. The van der Waals surface area contributed by atoms with Gasteiger partial charge in [0.1, 0.15) is 9.67 Å². The molecule has 3 aromatic carbocycles. The van der Waals surface area contributed by atoms with Gasteiger partial charge in [-0.1, -0.05) is 51.8 Å². The lowest BCUT2D eigenvalue weighted by Gasteiger charge is -2.02. The zero-order chi connectivity index (χ0) is 23.7. The van der Waals surface area contributed by atoms with Crippen LogP contribution in [0.2, 0.25) is 5.02 Å². The number of rotatable bonds is 5. The molecular formula is C26H16BrClN2O2S2. The minimum absolute atomic E-state index is 0.0676. The van der Waals surface area contributed by atoms with Crippen LogP contribution >= 0.6 is 50.2 Å². The van der Waals surface area contributed by atoms with E-state index in [2.05, 4.69) is 20.9 Å². The molecule has 0 fully saturated rings. The maximum absolute atomic E-state index is 13.4. The molecule has 0 aliphatic heterocycles. The van der Waals surface area contributed by atoms with Crippen molar-refractivity contribution >= 4 is 78.4 Å². The summed E-state index contributed by atoms with van der Waals surface area (Å²) in [7, 11) is 0. The molecule has 4 nitrogen and oxygen atoms in total. The molecule has 0 aliphatic rings. The highest BCUT2D eigenvalue weighted by atomic mass is 79.9. The quantitative estimate of drug-likeness (QED) is 0.265. The van der Waals surface area contributed by atoms with Gasteiger partial charge in [-0.25, -0.2) is 4.98 Å². The Morgan fingerprint density at radius 2 is 1.71 bits per heavy atom. The molecule has 5 rings (SSSR count). The molecule has 0 amide bonds. The Morgan fingerprint density at radius 3 is 2.44 bits per heavy atom. The third-order valence-electron chi connectivity index (χ3n) is 5.13. The van der Waals surface area contributed by atoms with E-state index in [-0.39, 0.29) is 17.9 Å². The van der Waals surface area contributed by atoms with Gasteiger partial charge >= 0.3 is 0 Å². The Bertz CT molecular complexity index is 1650. The van der Waals surface area contributed by atoms with E-state index >= 15 is 0 Å². The van der Waals surface area contributed by atoms with Gasteiger partial charge in [0.05, 0.1) is 21.3 Å². The first-order valence-electron chi connectivity index (χ1n) is 10.3. The van der Waals surface area contributed by atoms with Crippen LogP contribution in [-0.2, 0) is 6.54 Å². The first-order valence-corrected chi connectivity index (χ1v) is 13.1. The predicted octanol–water partition coefficient (Wildman–Crippen LogP) is 5.48. The van der Waals surface area contributed by atoms with E-state index in [1.165, 1.54) is 15.9 Å². The molecule has 0 radical (unpaired) electrons. The average molecular weight is 568 g/mol. The van der Waals surface area contributed by atoms with E-state index < -0.39 is 0 Å². The lowest BCUT2D eigenvalue weighted by atomic mass is 10.1. The fraction of sp³-hybridized carbons (Fsp3) is 0.0385. The zero-order valence-corrected chi connectivity index (χ0v) is 21.5. The molecular weight excluding hydrogens is 552 g/mol. The number of para-hydroxylation sites is 1. The zero-order valence-electron chi connectivity index (χ0n) is 17.6. The van der Waals surface area contributed by atoms with Crippen molar-refractivity contribution in [1.29, 1.82) is 0 Å². The standard InChI is InChI=1S/C26H16BrClN2O2S2/c27-18-9-5-16(6-10-18)13-23-26(32)30(15-21(31)17-7-11-19(28)12-8-17)25(34-23)14-24-29-20-3-1-2-4-22(20)33-24/h1-14H,15H2/b23-13+,25-14-. The van der Waals surface area contributed by atoms with Crippen LogP contribution in [0.3, 0.4) is 0 Å². The largest absolute Gasteiger partial charge is 0.292 e. The molecule has 0 unspecified atom stereocenters.